The van der Waals surface area contributed by atoms with Crippen molar-refractivity contribution in [1.29, 1.82) is 0 Å². The van der Waals surface area contributed by atoms with Crippen molar-refractivity contribution >= 4 is 62.9 Å². The first-order valence-corrected chi connectivity index (χ1v) is 12.2. The molecule has 3 aromatic rings. The van der Waals surface area contributed by atoms with Gasteiger partial charge in [-0.2, -0.15) is 8.42 Å². The van der Waals surface area contributed by atoms with Gasteiger partial charge in [-0.3, -0.25) is 14.9 Å². The van der Waals surface area contributed by atoms with E-state index in [2.05, 4.69) is 5.32 Å². The van der Waals surface area contributed by atoms with Crippen molar-refractivity contribution in [2.75, 3.05) is 4.90 Å². The Hall–Kier alpha value is -3.66. The monoisotopic (exact) mass is 530 g/mol. The molecule has 0 radical (unpaired) electrons. The molecule has 35 heavy (non-hydrogen) atoms. The van der Waals surface area contributed by atoms with E-state index in [1.54, 1.807) is 24.3 Å². The van der Waals surface area contributed by atoms with Gasteiger partial charge in [0.1, 0.15) is 10.5 Å². The number of barbiturate groups is 1. The van der Waals surface area contributed by atoms with Crippen LogP contribution in [0.3, 0.4) is 0 Å². The van der Waals surface area contributed by atoms with Gasteiger partial charge >= 0.3 is 16.1 Å². The molecular formula is C24H16Cl2N2O6S. The molecule has 0 atom stereocenters. The Morgan fingerprint density at radius 2 is 1.66 bits per heavy atom. The van der Waals surface area contributed by atoms with Crippen molar-refractivity contribution in [2.24, 2.45) is 0 Å². The van der Waals surface area contributed by atoms with Gasteiger partial charge in [-0.05, 0) is 61.0 Å². The molecule has 0 saturated carbocycles. The van der Waals surface area contributed by atoms with E-state index in [1.807, 2.05) is 6.92 Å². The lowest BCUT2D eigenvalue weighted by atomic mass is 10.1. The van der Waals surface area contributed by atoms with Gasteiger partial charge in [-0.15, -0.1) is 0 Å². The molecule has 0 spiro atoms. The minimum absolute atomic E-state index is 0.0411. The molecule has 4 amide bonds. The smallest absolute Gasteiger partial charge is 0.339 e. The van der Waals surface area contributed by atoms with Crippen LogP contribution in [0.15, 0.2) is 77.2 Å². The fraction of sp³-hybridized carbons (Fsp3) is 0.0417. The number of aryl methyl sites for hydroxylation is 1. The molecule has 8 nitrogen and oxygen atoms in total. The first kappa shape index (κ1) is 24.5. The van der Waals surface area contributed by atoms with Crippen LogP contribution in [0.25, 0.3) is 6.08 Å². The number of amides is 4. The van der Waals surface area contributed by atoms with Gasteiger partial charge in [0.2, 0.25) is 0 Å². The lowest BCUT2D eigenvalue weighted by molar-refractivity contribution is -0.122. The number of benzene rings is 3. The number of halogens is 2. The molecule has 0 aliphatic carbocycles. The SMILES string of the molecule is Cc1ccc(S(=O)(=O)Oc2ccc(/C=C3\C(=O)NC(=O)N(c4cccc(Cl)c4)C3=O)cc2Cl)cc1. The van der Waals surface area contributed by atoms with Crippen molar-refractivity contribution in [1.82, 2.24) is 5.32 Å². The van der Waals surface area contributed by atoms with E-state index in [0.29, 0.717) is 10.6 Å². The summed E-state index contributed by atoms with van der Waals surface area (Å²) < 4.78 is 30.2. The van der Waals surface area contributed by atoms with Crippen molar-refractivity contribution < 1.29 is 27.0 Å². The summed E-state index contributed by atoms with van der Waals surface area (Å²) in [5.41, 5.74) is 1.04. The summed E-state index contributed by atoms with van der Waals surface area (Å²) in [5, 5.41) is 2.34. The minimum Gasteiger partial charge on any atom is -0.377 e. The number of urea groups is 1. The van der Waals surface area contributed by atoms with E-state index in [9.17, 15) is 22.8 Å². The molecule has 0 bridgehead atoms. The maximum Gasteiger partial charge on any atom is 0.339 e. The maximum absolute atomic E-state index is 13.0. The number of hydrogen-bond donors (Lipinski definition) is 1. The summed E-state index contributed by atoms with van der Waals surface area (Å²) in [6, 6.07) is 15.3. The van der Waals surface area contributed by atoms with Crippen molar-refractivity contribution in [2.45, 2.75) is 11.8 Å². The fourth-order valence-electron chi connectivity index (χ4n) is 3.22. The van der Waals surface area contributed by atoms with Gasteiger partial charge in [-0.1, -0.05) is 53.0 Å². The first-order valence-electron chi connectivity index (χ1n) is 10.0. The number of imide groups is 2. The van der Waals surface area contributed by atoms with E-state index in [1.165, 1.54) is 48.5 Å². The number of hydrogen-bond acceptors (Lipinski definition) is 6. The van der Waals surface area contributed by atoms with Gasteiger partial charge in [-0.25, -0.2) is 9.69 Å². The molecule has 11 heteroatoms. The molecule has 1 aliphatic heterocycles. The molecule has 178 valence electrons. The topological polar surface area (TPSA) is 110 Å². The number of rotatable bonds is 5. The molecule has 1 fully saturated rings. The van der Waals surface area contributed by atoms with Gasteiger partial charge < -0.3 is 4.18 Å². The quantitative estimate of drug-likeness (QED) is 0.290. The number of carbonyl (C=O) groups is 3. The highest BCUT2D eigenvalue weighted by Crippen LogP contribution is 2.30. The molecule has 1 heterocycles. The molecular weight excluding hydrogens is 515 g/mol. The zero-order valence-electron chi connectivity index (χ0n) is 18.0. The highest BCUT2D eigenvalue weighted by molar-refractivity contribution is 7.87. The van der Waals surface area contributed by atoms with E-state index >= 15 is 0 Å². The van der Waals surface area contributed by atoms with Crippen LogP contribution in [0, 0.1) is 6.92 Å². The summed E-state index contributed by atoms with van der Waals surface area (Å²) in [7, 11) is -4.13. The highest BCUT2D eigenvalue weighted by Gasteiger charge is 2.37. The van der Waals surface area contributed by atoms with Crippen molar-refractivity contribution in [3.63, 3.8) is 0 Å². The number of nitrogens with one attached hydrogen (secondary N) is 1. The zero-order chi connectivity index (χ0) is 25.3. The molecule has 1 N–H and O–H groups in total. The van der Waals surface area contributed by atoms with Gasteiger partial charge in [0, 0.05) is 5.02 Å². The predicted molar refractivity (Wildman–Crippen MR) is 131 cm³/mol. The average Bonchev–Trinajstić information content (AvgIpc) is 2.78. The number of carbonyl (C=O) groups excluding carboxylic acids is 3. The second-order valence-corrected chi connectivity index (χ2v) is 9.87. The summed E-state index contributed by atoms with van der Waals surface area (Å²) in [6.45, 7) is 1.82. The Balaban J connectivity index is 1.62. The largest absolute Gasteiger partial charge is 0.377 e. The van der Waals surface area contributed by atoms with Gasteiger partial charge in [0.15, 0.2) is 5.75 Å². The lowest BCUT2D eigenvalue weighted by Gasteiger charge is -2.26. The standard InChI is InChI=1S/C24H16Cl2N2O6S/c1-14-5-8-18(9-6-14)35(32,33)34-21-10-7-15(12-20(21)26)11-19-22(29)27-24(31)28(23(19)30)17-4-2-3-16(25)13-17/h2-13H,1H3,(H,27,29,31)/b19-11+. The average molecular weight is 531 g/mol. The van der Waals surface area contributed by atoms with Crippen LogP contribution < -0.4 is 14.4 Å². The van der Waals surface area contributed by atoms with E-state index in [4.69, 9.17) is 27.4 Å². The van der Waals surface area contributed by atoms with Gasteiger partial charge in [0.25, 0.3) is 11.8 Å². The first-order chi connectivity index (χ1) is 16.5. The number of anilines is 1. The summed E-state index contributed by atoms with van der Waals surface area (Å²) in [5.74, 6) is -1.89. The Morgan fingerprint density at radius 1 is 0.943 bits per heavy atom. The second kappa shape index (κ2) is 9.53. The molecule has 1 aliphatic rings. The molecule has 3 aromatic carbocycles. The number of nitrogens with zero attached hydrogens (tertiary/aromatic N) is 1. The molecule has 0 aromatic heterocycles. The summed E-state index contributed by atoms with van der Waals surface area (Å²) in [4.78, 5) is 38.4. The normalized spacial score (nSPS) is 15.3. The van der Waals surface area contributed by atoms with Crippen LogP contribution in [-0.2, 0) is 19.7 Å². The van der Waals surface area contributed by atoms with Crippen molar-refractivity contribution in [3.05, 3.63) is 93.5 Å². The second-order valence-electron chi connectivity index (χ2n) is 7.48. The van der Waals surface area contributed by atoms with Gasteiger partial charge in [0.05, 0.1) is 10.7 Å². The molecule has 0 unspecified atom stereocenters. The Labute approximate surface area is 210 Å². The fourth-order valence-corrected chi connectivity index (χ4v) is 4.62. The van der Waals surface area contributed by atoms with E-state index in [0.717, 1.165) is 10.5 Å². The zero-order valence-corrected chi connectivity index (χ0v) is 20.3. The maximum atomic E-state index is 13.0. The van der Waals surface area contributed by atoms with Crippen molar-refractivity contribution in [3.8, 4) is 5.75 Å². The van der Waals surface area contributed by atoms with Crippen LogP contribution >= 0.6 is 23.2 Å². The van der Waals surface area contributed by atoms with E-state index < -0.39 is 28.0 Å². The Bertz CT molecular complexity index is 1500. The minimum atomic E-state index is -4.13. The third kappa shape index (κ3) is 5.22. The third-order valence-corrected chi connectivity index (χ3v) is 6.72. The van der Waals surface area contributed by atoms with Crippen LogP contribution in [0.2, 0.25) is 10.0 Å². The Morgan fingerprint density at radius 3 is 2.31 bits per heavy atom. The van der Waals surface area contributed by atoms with Crippen LogP contribution in [0.4, 0.5) is 10.5 Å². The van der Waals surface area contributed by atoms with Crippen LogP contribution in [0.1, 0.15) is 11.1 Å². The summed E-state index contributed by atoms with van der Waals surface area (Å²) >= 11 is 12.2. The van der Waals surface area contributed by atoms with E-state index in [-0.39, 0.29) is 26.9 Å². The highest BCUT2D eigenvalue weighted by atomic mass is 35.5. The molecule has 4 rings (SSSR count). The van der Waals surface area contributed by atoms with Crippen LogP contribution in [0.5, 0.6) is 5.75 Å². The lowest BCUT2D eigenvalue weighted by Crippen LogP contribution is -2.54. The third-order valence-electron chi connectivity index (χ3n) is 4.94. The Kier molecular flexibility index (Phi) is 6.66. The predicted octanol–water partition coefficient (Wildman–Crippen LogP) is 4.74. The summed E-state index contributed by atoms with van der Waals surface area (Å²) in [6.07, 6.45) is 1.23. The van der Waals surface area contributed by atoms with Crippen LogP contribution in [-0.4, -0.2) is 26.3 Å². The molecule has 1 saturated heterocycles.